The molecule has 1 fully saturated rings. The summed E-state index contributed by atoms with van der Waals surface area (Å²) in [5.74, 6) is 1.50. The molecular weight excluding hydrogens is 345 g/mol. The molecule has 1 saturated carbocycles. The molecule has 5 heteroatoms. The number of nitrogens with one attached hydrogen (secondary N) is 1. The van der Waals surface area contributed by atoms with Crippen molar-refractivity contribution in [3.8, 4) is 11.5 Å². The Bertz CT molecular complexity index is 739. The number of carbonyl (C=O) groups excluding carboxylic acids is 1. The maximum Gasteiger partial charge on any atom is 0.251 e. The Kier molecular flexibility index (Phi) is 6.69. The van der Waals surface area contributed by atoms with Crippen LogP contribution in [0.1, 0.15) is 42.5 Å². The van der Waals surface area contributed by atoms with Crippen LogP contribution in [0.5, 0.6) is 11.5 Å². The summed E-state index contributed by atoms with van der Waals surface area (Å²) in [7, 11) is 0. The summed E-state index contributed by atoms with van der Waals surface area (Å²) in [6.07, 6.45) is 5.43. The van der Waals surface area contributed by atoms with Crippen molar-refractivity contribution in [1.29, 1.82) is 0 Å². The van der Waals surface area contributed by atoms with E-state index < -0.39 is 0 Å². The molecule has 0 atom stereocenters. The molecule has 27 heavy (non-hydrogen) atoms. The number of phenols is 1. The van der Waals surface area contributed by atoms with Gasteiger partial charge in [0.1, 0.15) is 17.3 Å². The molecule has 0 spiro atoms. The molecule has 144 valence electrons. The van der Waals surface area contributed by atoms with Gasteiger partial charge < -0.3 is 15.2 Å². The zero-order chi connectivity index (χ0) is 19.1. The zero-order valence-electron chi connectivity index (χ0n) is 15.4. The molecule has 0 aliphatic heterocycles. The molecule has 0 saturated heterocycles. The third kappa shape index (κ3) is 5.98. The summed E-state index contributed by atoms with van der Waals surface area (Å²) in [4.78, 5) is 12.1. The lowest BCUT2D eigenvalue weighted by molar-refractivity contribution is 0.0940. The van der Waals surface area contributed by atoms with Crippen molar-refractivity contribution in [3.63, 3.8) is 0 Å². The van der Waals surface area contributed by atoms with Crippen molar-refractivity contribution < 1.29 is 19.0 Å². The van der Waals surface area contributed by atoms with Crippen molar-refractivity contribution >= 4 is 5.91 Å². The van der Waals surface area contributed by atoms with Crippen LogP contribution in [0.25, 0.3) is 0 Å². The molecule has 2 aromatic carbocycles. The molecule has 4 nitrogen and oxygen atoms in total. The molecule has 1 aliphatic rings. The minimum absolute atomic E-state index is 0.0967. The summed E-state index contributed by atoms with van der Waals surface area (Å²) in [5.41, 5.74) is 0.566. The summed E-state index contributed by atoms with van der Waals surface area (Å²) in [6.45, 7) is 1.29. The highest BCUT2D eigenvalue weighted by molar-refractivity contribution is 5.94. The van der Waals surface area contributed by atoms with E-state index in [4.69, 9.17) is 4.74 Å². The van der Waals surface area contributed by atoms with Gasteiger partial charge in [-0.05, 0) is 80.3 Å². The Balaban J connectivity index is 1.33. The fraction of sp³-hybridized carbons (Fsp3) is 0.409. The van der Waals surface area contributed by atoms with Crippen LogP contribution in [0.2, 0.25) is 0 Å². The van der Waals surface area contributed by atoms with Gasteiger partial charge in [-0.2, -0.15) is 0 Å². The molecule has 0 unspecified atom stereocenters. The number of aromatic hydroxyl groups is 1. The molecule has 1 amide bonds. The van der Waals surface area contributed by atoms with Crippen molar-refractivity contribution in [3.05, 3.63) is 59.9 Å². The van der Waals surface area contributed by atoms with E-state index in [0.717, 1.165) is 32.1 Å². The van der Waals surface area contributed by atoms with E-state index in [1.54, 1.807) is 24.3 Å². The second kappa shape index (κ2) is 9.40. The van der Waals surface area contributed by atoms with Gasteiger partial charge in [0, 0.05) is 18.2 Å². The number of rotatable bonds is 7. The first-order valence-electron chi connectivity index (χ1n) is 9.56. The molecule has 2 N–H and O–H groups in total. The van der Waals surface area contributed by atoms with Crippen LogP contribution in [-0.2, 0) is 0 Å². The largest absolute Gasteiger partial charge is 0.508 e. The van der Waals surface area contributed by atoms with E-state index in [9.17, 15) is 14.3 Å². The molecule has 0 aromatic heterocycles. The third-order valence-corrected chi connectivity index (χ3v) is 5.24. The summed E-state index contributed by atoms with van der Waals surface area (Å²) >= 11 is 0. The Morgan fingerprint density at radius 2 is 1.78 bits per heavy atom. The maximum absolute atomic E-state index is 13.1. The van der Waals surface area contributed by atoms with Crippen LogP contribution in [0, 0.1) is 17.7 Å². The zero-order valence-corrected chi connectivity index (χ0v) is 15.4. The lowest BCUT2D eigenvalue weighted by Crippen LogP contribution is -2.31. The van der Waals surface area contributed by atoms with Crippen molar-refractivity contribution in [1.82, 2.24) is 5.32 Å². The van der Waals surface area contributed by atoms with Crippen LogP contribution in [0.4, 0.5) is 4.39 Å². The van der Waals surface area contributed by atoms with Gasteiger partial charge in [0.25, 0.3) is 5.91 Å². The van der Waals surface area contributed by atoms with Crippen LogP contribution in [0.15, 0.2) is 48.5 Å². The number of carbonyl (C=O) groups is 1. The highest BCUT2D eigenvalue weighted by Gasteiger charge is 2.21. The van der Waals surface area contributed by atoms with Crippen LogP contribution in [0.3, 0.4) is 0 Å². The Morgan fingerprint density at radius 1 is 1.07 bits per heavy atom. The average Bonchev–Trinajstić information content (AvgIpc) is 2.68. The van der Waals surface area contributed by atoms with Gasteiger partial charge in [-0.25, -0.2) is 4.39 Å². The summed E-state index contributed by atoms with van der Waals surface area (Å²) in [5, 5.41) is 12.3. The number of halogens is 1. The Morgan fingerprint density at radius 3 is 2.48 bits per heavy atom. The van der Waals surface area contributed by atoms with E-state index >= 15 is 0 Å². The van der Waals surface area contributed by atoms with Crippen LogP contribution in [-0.4, -0.2) is 24.2 Å². The van der Waals surface area contributed by atoms with Gasteiger partial charge in [0.15, 0.2) is 0 Å². The fourth-order valence-electron chi connectivity index (χ4n) is 3.58. The minimum Gasteiger partial charge on any atom is -0.508 e. The van der Waals surface area contributed by atoms with E-state index in [-0.39, 0.29) is 17.5 Å². The molecule has 3 rings (SSSR count). The molecular formula is C22H26FNO3. The normalized spacial score (nSPS) is 19.4. The lowest BCUT2D eigenvalue weighted by atomic mass is 9.80. The first-order valence-corrected chi connectivity index (χ1v) is 9.56. The van der Waals surface area contributed by atoms with E-state index in [2.05, 4.69) is 5.32 Å². The van der Waals surface area contributed by atoms with E-state index in [1.807, 2.05) is 0 Å². The van der Waals surface area contributed by atoms with Gasteiger partial charge in [0.05, 0.1) is 6.61 Å². The molecule has 1 aliphatic carbocycles. The third-order valence-electron chi connectivity index (χ3n) is 5.24. The molecule has 2 aromatic rings. The van der Waals surface area contributed by atoms with Crippen molar-refractivity contribution in [2.45, 2.75) is 32.1 Å². The number of amides is 1. The standard InChI is InChI=1S/C22H26FNO3/c23-19-2-1-3-21(14-19)27-13-12-16-4-6-17(7-5-16)15-24-22(26)18-8-10-20(25)11-9-18/h1-3,8-11,14,16-17,25H,4-7,12-13,15H2,(H,24,26). The Labute approximate surface area is 159 Å². The quantitative estimate of drug-likeness (QED) is 0.751. The maximum atomic E-state index is 13.1. The Hall–Kier alpha value is -2.56. The predicted molar refractivity (Wildman–Crippen MR) is 102 cm³/mol. The van der Waals surface area contributed by atoms with Gasteiger partial charge >= 0.3 is 0 Å². The van der Waals surface area contributed by atoms with Gasteiger partial charge in [-0.1, -0.05) is 6.07 Å². The molecule has 0 radical (unpaired) electrons. The summed E-state index contributed by atoms with van der Waals surface area (Å²) < 4.78 is 18.8. The predicted octanol–water partition coefficient (Wildman–Crippen LogP) is 4.54. The fourth-order valence-corrected chi connectivity index (χ4v) is 3.58. The van der Waals surface area contributed by atoms with E-state index in [1.165, 1.54) is 24.3 Å². The second-order valence-electron chi connectivity index (χ2n) is 7.24. The number of ether oxygens (including phenoxy) is 1. The smallest absolute Gasteiger partial charge is 0.251 e. The highest BCUT2D eigenvalue weighted by atomic mass is 19.1. The highest BCUT2D eigenvalue weighted by Crippen LogP contribution is 2.30. The average molecular weight is 371 g/mol. The summed E-state index contributed by atoms with van der Waals surface area (Å²) in [6, 6.07) is 12.5. The number of hydrogen-bond donors (Lipinski definition) is 2. The van der Waals surface area contributed by atoms with Crippen LogP contribution < -0.4 is 10.1 Å². The van der Waals surface area contributed by atoms with E-state index in [0.29, 0.717) is 36.3 Å². The first kappa shape index (κ1) is 19.2. The SMILES string of the molecule is O=C(NCC1CCC(CCOc2cccc(F)c2)CC1)c1ccc(O)cc1. The number of phenolic OH excluding ortho intramolecular Hbond substituents is 1. The lowest BCUT2D eigenvalue weighted by Gasteiger charge is -2.28. The number of benzene rings is 2. The number of hydrogen-bond acceptors (Lipinski definition) is 3. The van der Waals surface area contributed by atoms with Crippen molar-refractivity contribution in [2.75, 3.05) is 13.2 Å². The molecule has 0 heterocycles. The first-order chi connectivity index (χ1) is 13.1. The monoisotopic (exact) mass is 371 g/mol. The van der Waals surface area contributed by atoms with Gasteiger partial charge in [-0.3, -0.25) is 4.79 Å². The van der Waals surface area contributed by atoms with Gasteiger partial charge in [0.2, 0.25) is 0 Å². The second-order valence-corrected chi connectivity index (χ2v) is 7.24. The molecule has 0 bridgehead atoms. The topological polar surface area (TPSA) is 58.6 Å². The van der Waals surface area contributed by atoms with Gasteiger partial charge in [-0.15, -0.1) is 0 Å². The van der Waals surface area contributed by atoms with Crippen molar-refractivity contribution in [2.24, 2.45) is 11.8 Å². The minimum atomic E-state index is -0.276. The van der Waals surface area contributed by atoms with Crippen LogP contribution >= 0.6 is 0 Å².